The lowest BCUT2D eigenvalue weighted by molar-refractivity contribution is -0.120. The van der Waals surface area contributed by atoms with E-state index >= 15 is 0 Å². The van der Waals surface area contributed by atoms with Crippen LogP contribution in [-0.2, 0) is 4.79 Å². The van der Waals surface area contributed by atoms with E-state index in [0.29, 0.717) is 11.7 Å². The van der Waals surface area contributed by atoms with Gasteiger partial charge in [0.05, 0.1) is 10.9 Å². The molecule has 3 rings (SSSR count). The summed E-state index contributed by atoms with van der Waals surface area (Å²) in [6, 6.07) is 22.2. The largest absolute Gasteiger partial charge is 0.355 e. The number of nitrogens with one attached hydrogen (secondary N) is 1. The number of carbonyl (C=O) groups is 1. The van der Waals surface area contributed by atoms with Gasteiger partial charge in [0.2, 0.25) is 5.91 Å². The molecule has 0 fully saturated rings. The van der Waals surface area contributed by atoms with Gasteiger partial charge in [-0.05, 0) is 31.4 Å². The first-order valence-corrected chi connectivity index (χ1v) is 10.3. The molecule has 0 saturated carbocycles. The average molecular weight is 392 g/mol. The standard InChI is InChI=1S/C23H25N3OS/c1-16(19-10-6-4-7-11-19)15-24-22(27)18(3)28-23-25-17(2)14-21(26-23)20-12-8-5-9-13-20/h4-14,16,18H,15H2,1-3H3,(H,24,27)/t16-,18-/m1/s1. The van der Waals surface area contributed by atoms with E-state index < -0.39 is 0 Å². The summed E-state index contributed by atoms with van der Waals surface area (Å²) in [4.78, 5) is 21.7. The minimum Gasteiger partial charge on any atom is -0.355 e. The van der Waals surface area contributed by atoms with Gasteiger partial charge in [-0.2, -0.15) is 0 Å². The van der Waals surface area contributed by atoms with Gasteiger partial charge in [0, 0.05) is 17.8 Å². The normalized spacial score (nSPS) is 13.0. The molecule has 0 radical (unpaired) electrons. The number of carbonyl (C=O) groups excluding carboxylic acids is 1. The number of hydrogen-bond donors (Lipinski definition) is 1. The highest BCUT2D eigenvalue weighted by molar-refractivity contribution is 8.00. The Morgan fingerprint density at radius 1 is 1.00 bits per heavy atom. The molecule has 0 aliphatic heterocycles. The minimum atomic E-state index is -0.270. The summed E-state index contributed by atoms with van der Waals surface area (Å²) in [6.45, 7) is 6.56. The van der Waals surface area contributed by atoms with E-state index in [9.17, 15) is 4.79 Å². The topological polar surface area (TPSA) is 54.9 Å². The van der Waals surface area contributed by atoms with Crippen molar-refractivity contribution in [3.63, 3.8) is 0 Å². The number of rotatable bonds is 7. The predicted octanol–water partition coefficient (Wildman–Crippen LogP) is 4.85. The molecule has 1 heterocycles. The number of amides is 1. The Kier molecular flexibility index (Phi) is 6.82. The monoisotopic (exact) mass is 391 g/mol. The third-order valence-corrected chi connectivity index (χ3v) is 5.47. The second-order valence-corrected chi connectivity index (χ2v) is 8.17. The zero-order chi connectivity index (χ0) is 19.9. The molecule has 5 heteroatoms. The van der Waals surface area contributed by atoms with Crippen molar-refractivity contribution in [2.75, 3.05) is 6.54 Å². The van der Waals surface area contributed by atoms with Crippen molar-refractivity contribution >= 4 is 17.7 Å². The smallest absolute Gasteiger partial charge is 0.233 e. The van der Waals surface area contributed by atoms with Crippen molar-refractivity contribution in [3.05, 3.63) is 78.0 Å². The molecule has 2 aromatic carbocycles. The summed E-state index contributed by atoms with van der Waals surface area (Å²) in [5.74, 6) is 0.265. The van der Waals surface area contributed by atoms with Crippen LogP contribution >= 0.6 is 11.8 Å². The molecule has 0 unspecified atom stereocenters. The Hall–Kier alpha value is -2.66. The Balaban J connectivity index is 1.61. The number of thioether (sulfide) groups is 1. The molecule has 2 atom stereocenters. The summed E-state index contributed by atoms with van der Waals surface area (Å²) >= 11 is 1.39. The maximum atomic E-state index is 12.5. The summed E-state index contributed by atoms with van der Waals surface area (Å²) < 4.78 is 0. The molecule has 1 amide bonds. The van der Waals surface area contributed by atoms with Gasteiger partial charge in [0.15, 0.2) is 5.16 Å². The third kappa shape index (κ3) is 5.42. The number of aromatic nitrogens is 2. The zero-order valence-electron chi connectivity index (χ0n) is 16.4. The lowest BCUT2D eigenvalue weighted by Gasteiger charge is -2.16. The van der Waals surface area contributed by atoms with Crippen LogP contribution < -0.4 is 5.32 Å². The van der Waals surface area contributed by atoms with Gasteiger partial charge in [-0.25, -0.2) is 9.97 Å². The molecule has 0 bridgehead atoms. The Morgan fingerprint density at radius 3 is 2.32 bits per heavy atom. The third-order valence-electron chi connectivity index (χ3n) is 4.51. The zero-order valence-corrected chi connectivity index (χ0v) is 17.2. The van der Waals surface area contributed by atoms with E-state index in [0.717, 1.165) is 17.0 Å². The maximum Gasteiger partial charge on any atom is 0.233 e. The average Bonchev–Trinajstić information content (AvgIpc) is 2.72. The molecule has 4 nitrogen and oxygen atoms in total. The van der Waals surface area contributed by atoms with Crippen molar-refractivity contribution < 1.29 is 4.79 Å². The Bertz CT molecular complexity index is 916. The van der Waals surface area contributed by atoms with E-state index in [2.05, 4.69) is 34.3 Å². The molecule has 0 aliphatic rings. The van der Waals surface area contributed by atoms with Gasteiger partial charge in [0.1, 0.15) is 0 Å². The fourth-order valence-corrected chi connectivity index (χ4v) is 3.71. The van der Waals surface area contributed by atoms with E-state index in [1.165, 1.54) is 17.3 Å². The molecular weight excluding hydrogens is 366 g/mol. The van der Waals surface area contributed by atoms with E-state index in [1.807, 2.05) is 68.4 Å². The first-order valence-electron chi connectivity index (χ1n) is 9.43. The fraction of sp³-hybridized carbons (Fsp3) is 0.261. The molecule has 0 saturated heterocycles. The van der Waals surface area contributed by atoms with Crippen molar-refractivity contribution in [1.29, 1.82) is 0 Å². The van der Waals surface area contributed by atoms with E-state index in [-0.39, 0.29) is 17.1 Å². The molecule has 1 aromatic heterocycles. The summed E-state index contributed by atoms with van der Waals surface area (Å²) in [5.41, 5.74) is 4.03. The van der Waals surface area contributed by atoms with E-state index in [1.54, 1.807) is 0 Å². The van der Waals surface area contributed by atoms with Crippen LogP contribution in [0.4, 0.5) is 0 Å². The summed E-state index contributed by atoms with van der Waals surface area (Å²) in [6.07, 6.45) is 0. The highest BCUT2D eigenvalue weighted by Crippen LogP contribution is 2.24. The lowest BCUT2D eigenvalue weighted by atomic mass is 10.0. The molecule has 0 aliphatic carbocycles. The molecule has 0 spiro atoms. The first kappa shape index (κ1) is 20.1. The molecule has 144 valence electrons. The van der Waals surface area contributed by atoms with Crippen LogP contribution in [-0.4, -0.2) is 27.7 Å². The van der Waals surface area contributed by atoms with Crippen LogP contribution in [0.2, 0.25) is 0 Å². The van der Waals surface area contributed by atoms with Crippen LogP contribution in [0.15, 0.2) is 71.9 Å². The van der Waals surface area contributed by atoms with E-state index in [4.69, 9.17) is 0 Å². The fourth-order valence-electron chi connectivity index (χ4n) is 2.86. The van der Waals surface area contributed by atoms with Crippen LogP contribution in [0.1, 0.15) is 31.0 Å². The van der Waals surface area contributed by atoms with Crippen molar-refractivity contribution in [1.82, 2.24) is 15.3 Å². The first-order chi connectivity index (χ1) is 13.5. The van der Waals surface area contributed by atoms with Crippen LogP contribution in [0.25, 0.3) is 11.3 Å². The van der Waals surface area contributed by atoms with Crippen LogP contribution in [0.3, 0.4) is 0 Å². The predicted molar refractivity (Wildman–Crippen MR) is 115 cm³/mol. The summed E-state index contributed by atoms with van der Waals surface area (Å²) in [7, 11) is 0. The molecule has 3 aromatic rings. The van der Waals surface area contributed by atoms with Gasteiger partial charge < -0.3 is 5.32 Å². The van der Waals surface area contributed by atoms with Gasteiger partial charge >= 0.3 is 0 Å². The van der Waals surface area contributed by atoms with Gasteiger partial charge in [-0.3, -0.25) is 4.79 Å². The summed E-state index contributed by atoms with van der Waals surface area (Å²) in [5, 5.41) is 3.40. The second kappa shape index (κ2) is 9.51. The number of hydrogen-bond acceptors (Lipinski definition) is 4. The number of nitrogens with zero attached hydrogens (tertiary/aromatic N) is 2. The van der Waals surface area contributed by atoms with Crippen LogP contribution in [0, 0.1) is 6.92 Å². The molecular formula is C23H25N3OS. The van der Waals surface area contributed by atoms with Crippen molar-refractivity contribution in [2.45, 2.75) is 37.1 Å². The Morgan fingerprint density at radius 2 is 1.64 bits per heavy atom. The number of benzene rings is 2. The minimum absolute atomic E-state index is 0.000789. The van der Waals surface area contributed by atoms with Crippen molar-refractivity contribution in [2.24, 2.45) is 0 Å². The van der Waals surface area contributed by atoms with Crippen molar-refractivity contribution in [3.8, 4) is 11.3 Å². The Labute approximate surface area is 170 Å². The highest BCUT2D eigenvalue weighted by Gasteiger charge is 2.18. The quantitative estimate of drug-likeness (QED) is 0.462. The lowest BCUT2D eigenvalue weighted by Crippen LogP contribution is -2.33. The number of aryl methyl sites for hydroxylation is 1. The van der Waals surface area contributed by atoms with Gasteiger partial charge in [-0.15, -0.1) is 0 Å². The highest BCUT2D eigenvalue weighted by atomic mass is 32.2. The van der Waals surface area contributed by atoms with Crippen LogP contribution in [0.5, 0.6) is 0 Å². The van der Waals surface area contributed by atoms with Gasteiger partial charge in [0.25, 0.3) is 0 Å². The molecule has 28 heavy (non-hydrogen) atoms. The maximum absolute atomic E-state index is 12.5. The van der Waals surface area contributed by atoms with Gasteiger partial charge in [-0.1, -0.05) is 79.3 Å². The SMILES string of the molecule is Cc1cc(-c2ccccc2)nc(S[C@H](C)C(=O)NC[C@@H](C)c2ccccc2)n1. The second-order valence-electron chi connectivity index (χ2n) is 6.86. The molecule has 1 N–H and O–H groups in total.